The van der Waals surface area contributed by atoms with E-state index in [4.69, 9.17) is 0 Å². The van der Waals surface area contributed by atoms with E-state index in [-0.39, 0.29) is 0 Å². The average Bonchev–Trinajstić information content (AvgIpc) is 2.82. The monoisotopic (exact) mass is 299 g/mol. The third-order valence-electron chi connectivity index (χ3n) is 4.58. The minimum absolute atomic E-state index is 0.637. The molecule has 0 radical (unpaired) electrons. The van der Waals surface area contributed by atoms with Gasteiger partial charge in [-0.3, -0.25) is 4.57 Å². The Morgan fingerprint density at radius 2 is 1.62 bits per heavy atom. The van der Waals surface area contributed by atoms with Crippen LogP contribution in [0.1, 0.15) is 41.5 Å². The van der Waals surface area contributed by atoms with Crippen molar-refractivity contribution in [1.82, 2.24) is 14.5 Å². The largest absolute Gasteiger partial charge is 0.256 e. The fraction of sp³-hybridized carbons (Fsp3) is 0.529. The maximum Gasteiger partial charge on any atom is 0.178 e. The van der Waals surface area contributed by atoms with Crippen molar-refractivity contribution < 1.29 is 0 Å². The highest BCUT2D eigenvalue weighted by Crippen LogP contribution is 2.40. The first-order chi connectivity index (χ1) is 9.89. The summed E-state index contributed by atoms with van der Waals surface area (Å²) in [4.78, 5) is 8.58. The molecular formula is C17H25N3Si. The van der Waals surface area contributed by atoms with Crippen LogP contribution in [0.15, 0.2) is 24.7 Å². The number of imidazole rings is 1. The van der Waals surface area contributed by atoms with Gasteiger partial charge in [-0.15, -0.1) is 5.54 Å². The van der Waals surface area contributed by atoms with Crippen LogP contribution in [0.4, 0.5) is 0 Å². The van der Waals surface area contributed by atoms with Crippen LogP contribution in [0.2, 0.25) is 16.6 Å². The average molecular weight is 299 g/mol. The van der Waals surface area contributed by atoms with Crippen LogP contribution in [0.3, 0.4) is 0 Å². The second-order valence-electron chi connectivity index (χ2n) is 6.59. The van der Waals surface area contributed by atoms with Crippen LogP contribution in [0, 0.1) is 11.6 Å². The standard InChI is InChI=1S/C17H25N3Si/c1-13(2)21(14(3)4,15(5)6)11-10-20-12-19-17-16(20)8-7-9-18-17/h7-9,12-15H,1-6H3. The molecule has 0 amide bonds. The normalized spacial score (nSPS) is 12.2. The van der Waals surface area contributed by atoms with Gasteiger partial charge in [0.1, 0.15) is 19.9 Å². The Bertz CT molecular complexity index is 652. The van der Waals surface area contributed by atoms with Crippen LogP contribution >= 0.6 is 0 Å². The molecule has 0 saturated carbocycles. The van der Waals surface area contributed by atoms with Crippen molar-refractivity contribution in [1.29, 1.82) is 0 Å². The predicted octanol–water partition coefficient (Wildman–Crippen LogP) is 4.46. The third-order valence-corrected chi connectivity index (χ3v) is 10.9. The van der Waals surface area contributed by atoms with Crippen molar-refractivity contribution in [2.24, 2.45) is 0 Å². The van der Waals surface area contributed by atoms with Crippen molar-refractivity contribution in [3.63, 3.8) is 0 Å². The van der Waals surface area contributed by atoms with Crippen LogP contribution in [-0.4, -0.2) is 22.6 Å². The first-order valence-electron chi connectivity index (χ1n) is 7.70. The number of hydrogen-bond acceptors (Lipinski definition) is 2. The zero-order chi connectivity index (χ0) is 15.6. The first-order valence-corrected chi connectivity index (χ1v) is 9.94. The van der Waals surface area contributed by atoms with Gasteiger partial charge in [-0.25, -0.2) is 9.97 Å². The molecule has 2 aromatic rings. The topological polar surface area (TPSA) is 30.7 Å². The van der Waals surface area contributed by atoms with Gasteiger partial charge >= 0.3 is 0 Å². The molecule has 2 heterocycles. The highest BCUT2D eigenvalue weighted by atomic mass is 28.3. The molecule has 0 aliphatic rings. The highest BCUT2D eigenvalue weighted by Gasteiger charge is 2.41. The van der Waals surface area contributed by atoms with Crippen LogP contribution in [0.25, 0.3) is 11.2 Å². The molecule has 21 heavy (non-hydrogen) atoms. The van der Waals surface area contributed by atoms with E-state index in [2.05, 4.69) is 63.1 Å². The minimum atomic E-state index is -1.70. The van der Waals surface area contributed by atoms with Gasteiger partial charge in [-0.05, 0) is 28.8 Å². The van der Waals surface area contributed by atoms with E-state index in [1.165, 1.54) is 0 Å². The second kappa shape index (κ2) is 6.03. The summed E-state index contributed by atoms with van der Waals surface area (Å²) in [6, 6.07) is 7.33. The summed E-state index contributed by atoms with van der Waals surface area (Å²) in [5, 5.41) is 0. The molecule has 0 atom stereocenters. The van der Waals surface area contributed by atoms with Crippen molar-refractivity contribution in [3.05, 3.63) is 24.7 Å². The van der Waals surface area contributed by atoms with Crippen molar-refractivity contribution in [2.75, 3.05) is 0 Å². The second-order valence-corrected chi connectivity index (χ2v) is 12.2. The number of hydrogen-bond donors (Lipinski definition) is 0. The Hall–Kier alpha value is -1.60. The molecule has 0 spiro atoms. The molecule has 0 saturated heterocycles. The molecule has 0 N–H and O–H groups in total. The summed E-state index contributed by atoms with van der Waals surface area (Å²) in [6.45, 7) is 14.0. The van der Waals surface area contributed by atoms with Gasteiger partial charge in [0.25, 0.3) is 0 Å². The highest BCUT2D eigenvalue weighted by molar-refractivity contribution is 6.90. The van der Waals surface area contributed by atoms with Crippen molar-refractivity contribution in [3.8, 4) is 11.6 Å². The number of rotatable bonds is 3. The van der Waals surface area contributed by atoms with Gasteiger partial charge in [0, 0.05) is 12.2 Å². The summed E-state index contributed by atoms with van der Waals surface area (Å²) < 4.78 is 1.93. The van der Waals surface area contributed by atoms with E-state index in [1.54, 1.807) is 12.5 Å². The lowest BCUT2D eigenvalue weighted by Gasteiger charge is -2.37. The lowest BCUT2D eigenvalue weighted by molar-refractivity contribution is 0.838. The smallest absolute Gasteiger partial charge is 0.178 e. The van der Waals surface area contributed by atoms with Gasteiger partial charge in [0.2, 0.25) is 0 Å². The zero-order valence-electron chi connectivity index (χ0n) is 13.9. The lowest BCUT2D eigenvalue weighted by Crippen LogP contribution is -2.43. The van der Waals surface area contributed by atoms with E-state index < -0.39 is 8.07 Å². The van der Waals surface area contributed by atoms with Gasteiger partial charge in [0.15, 0.2) is 5.65 Å². The molecule has 3 nitrogen and oxygen atoms in total. The predicted molar refractivity (Wildman–Crippen MR) is 91.8 cm³/mol. The Balaban J connectivity index is 2.52. The molecule has 2 rings (SSSR count). The maximum absolute atomic E-state index is 4.32. The maximum atomic E-state index is 4.32. The minimum Gasteiger partial charge on any atom is -0.256 e. The number of nitrogens with zero attached hydrogens (tertiary/aromatic N) is 3. The summed E-state index contributed by atoms with van der Waals surface area (Å²) in [6.07, 6.45) is 3.55. The SMILES string of the molecule is CC(C)[Si](C#Cn1cnc2ncccc21)(C(C)C)C(C)C. The van der Waals surface area contributed by atoms with E-state index in [1.807, 2.05) is 16.7 Å². The zero-order valence-corrected chi connectivity index (χ0v) is 14.9. The van der Waals surface area contributed by atoms with E-state index >= 15 is 0 Å². The molecule has 4 heteroatoms. The molecule has 0 aromatic carbocycles. The van der Waals surface area contributed by atoms with Crippen LogP contribution in [0.5, 0.6) is 0 Å². The Morgan fingerprint density at radius 3 is 2.19 bits per heavy atom. The van der Waals surface area contributed by atoms with Gasteiger partial charge in [-0.2, -0.15) is 0 Å². The number of fused-ring (bicyclic) bond motifs is 1. The fourth-order valence-electron chi connectivity index (χ4n) is 3.53. The molecule has 0 aliphatic heterocycles. The summed E-state index contributed by atoms with van der Waals surface area (Å²) in [5.74, 6) is 0. The summed E-state index contributed by atoms with van der Waals surface area (Å²) in [5.41, 5.74) is 7.37. The fourth-order valence-corrected chi connectivity index (χ4v) is 8.71. The summed E-state index contributed by atoms with van der Waals surface area (Å²) in [7, 11) is -1.70. The van der Waals surface area contributed by atoms with Crippen molar-refractivity contribution in [2.45, 2.75) is 58.2 Å². The Kier molecular flexibility index (Phi) is 4.53. The van der Waals surface area contributed by atoms with Crippen LogP contribution < -0.4 is 0 Å². The molecule has 0 fully saturated rings. The lowest BCUT2D eigenvalue weighted by atomic mass is 10.4. The van der Waals surface area contributed by atoms with E-state index in [9.17, 15) is 0 Å². The molecule has 112 valence electrons. The molecular weight excluding hydrogens is 274 g/mol. The van der Waals surface area contributed by atoms with Crippen LogP contribution in [-0.2, 0) is 0 Å². The summed E-state index contributed by atoms with van der Waals surface area (Å²) >= 11 is 0. The first kappa shape index (κ1) is 15.8. The number of aromatic nitrogens is 3. The molecule has 2 aromatic heterocycles. The Morgan fingerprint density at radius 1 is 1.00 bits per heavy atom. The Labute approximate surface area is 128 Å². The number of pyridine rings is 1. The van der Waals surface area contributed by atoms with Gasteiger partial charge in [-0.1, -0.05) is 41.5 Å². The van der Waals surface area contributed by atoms with Gasteiger partial charge < -0.3 is 0 Å². The van der Waals surface area contributed by atoms with Gasteiger partial charge in [0.05, 0.1) is 0 Å². The molecule has 0 aliphatic carbocycles. The quantitative estimate of drug-likeness (QED) is 0.619. The van der Waals surface area contributed by atoms with E-state index in [0.29, 0.717) is 16.6 Å². The molecule has 0 bridgehead atoms. The third kappa shape index (κ3) is 2.75. The van der Waals surface area contributed by atoms with E-state index in [0.717, 1.165) is 11.2 Å². The molecule has 0 unspecified atom stereocenters. The van der Waals surface area contributed by atoms with Crippen molar-refractivity contribution >= 4 is 19.2 Å².